The normalized spacial score (nSPS) is 17.3. The van der Waals surface area contributed by atoms with E-state index in [-0.39, 0.29) is 11.3 Å². The Bertz CT molecular complexity index is 499. The van der Waals surface area contributed by atoms with Gasteiger partial charge >= 0.3 is 0 Å². The molecule has 0 aromatic heterocycles. The Morgan fingerprint density at radius 1 is 1.43 bits per heavy atom. The zero-order valence-corrected chi connectivity index (χ0v) is 13.4. The van der Waals surface area contributed by atoms with Crippen molar-refractivity contribution < 1.29 is 9.53 Å². The number of piperidine rings is 1. The highest BCUT2D eigenvalue weighted by Gasteiger charge is 2.34. The van der Waals surface area contributed by atoms with Crippen molar-refractivity contribution in [1.29, 1.82) is 0 Å². The fourth-order valence-corrected chi connectivity index (χ4v) is 2.63. The van der Waals surface area contributed by atoms with Crippen molar-refractivity contribution in [2.45, 2.75) is 33.1 Å². The topological polar surface area (TPSA) is 50.4 Å². The summed E-state index contributed by atoms with van der Waals surface area (Å²) in [6.45, 7) is 6.46. The first-order valence-electron chi connectivity index (χ1n) is 7.50. The molecule has 2 rings (SSSR count). The van der Waals surface area contributed by atoms with Gasteiger partial charge in [-0.25, -0.2) is 0 Å². The molecule has 1 aliphatic heterocycles. The Morgan fingerprint density at radius 2 is 2.14 bits per heavy atom. The van der Waals surface area contributed by atoms with Crippen LogP contribution in [0.5, 0.6) is 5.75 Å². The number of carbonyl (C=O) groups is 1. The molecule has 1 amide bonds. The van der Waals surface area contributed by atoms with Crippen LogP contribution in [-0.2, 0) is 4.79 Å². The van der Waals surface area contributed by atoms with E-state index in [0.29, 0.717) is 23.1 Å². The number of rotatable bonds is 5. The Balaban J connectivity index is 2.02. The van der Waals surface area contributed by atoms with Crippen molar-refractivity contribution in [3.8, 4) is 5.75 Å². The van der Waals surface area contributed by atoms with E-state index in [0.717, 1.165) is 32.4 Å². The Labute approximate surface area is 131 Å². The Hall–Kier alpha value is -1.26. The van der Waals surface area contributed by atoms with Crippen molar-refractivity contribution in [3.63, 3.8) is 0 Å². The molecular formula is C16H23ClN2O2. The van der Waals surface area contributed by atoms with Crippen molar-refractivity contribution in [2.24, 2.45) is 5.41 Å². The lowest BCUT2D eigenvalue weighted by molar-refractivity contribution is -0.126. The molecule has 0 aliphatic carbocycles. The molecule has 1 aromatic carbocycles. The smallest absolute Gasteiger partial charge is 0.230 e. The standard InChI is InChI=1S/C16H23ClN2O2/c1-3-10-21-14-5-4-12(11-13(14)17)19-15(20)16(2)6-8-18-9-7-16/h4-5,11,18H,3,6-10H2,1-2H3,(H,19,20). The lowest BCUT2D eigenvalue weighted by atomic mass is 9.80. The molecule has 0 radical (unpaired) electrons. The molecule has 1 fully saturated rings. The van der Waals surface area contributed by atoms with Crippen molar-refractivity contribution in [3.05, 3.63) is 23.2 Å². The predicted molar refractivity (Wildman–Crippen MR) is 86.1 cm³/mol. The molecule has 21 heavy (non-hydrogen) atoms. The minimum atomic E-state index is -0.310. The summed E-state index contributed by atoms with van der Waals surface area (Å²) in [5.41, 5.74) is 0.406. The maximum atomic E-state index is 12.4. The predicted octanol–water partition coefficient (Wildman–Crippen LogP) is 3.46. The molecule has 5 heteroatoms. The molecule has 0 atom stereocenters. The van der Waals surface area contributed by atoms with Crippen LogP contribution in [-0.4, -0.2) is 25.6 Å². The molecule has 1 heterocycles. The average molecular weight is 311 g/mol. The summed E-state index contributed by atoms with van der Waals surface area (Å²) in [7, 11) is 0. The van der Waals surface area contributed by atoms with E-state index in [1.165, 1.54) is 0 Å². The van der Waals surface area contributed by atoms with E-state index < -0.39 is 0 Å². The van der Waals surface area contributed by atoms with E-state index >= 15 is 0 Å². The van der Waals surface area contributed by atoms with Gasteiger partial charge < -0.3 is 15.4 Å². The SMILES string of the molecule is CCCOc1ccc(NC(=O)C2(C)CCNCC2)cc1Cl. The van der Waals surface area contributed by atoms with Gasteiger partial charge in [0.15, 0.2) is 0 Å². The Kier molecular flexibility index (Phi) is 5.48. The molecule has 0 saturated carbocycles. The molecule has 4 nitrogen and oxygen atoms in total. The first kappa shape index (κ1) is 16.1. The van der Waals surface area contributed by atoms with Crippen LogP contribution in [0.2, 0.25) is 5.02 Å². The molecule has 116 valence electrons. The molecule has 0 spiro atoms. The van der Waals surface area contributed by atoms with Crippen LogP contribution in [0.15, 0.2) is 18.2 Å². The van der Waals surface area contributed by atoms with Crippen LogP contribution < -0.4 is 15.4 Å². The minimum absolute atomic E-state index is 0.0577. The number of carbonyl (C=O) groups excluding carboxylic acids is 1. The third-order valence-corrected chi connectivity index (χ3v) is 4.20. The van der Waals surface area contributed by atoms with Crippen LogP contribution in [0.3, 0.4) is 0 Å². The fraction of sp³-hybridized carbons (Fsp3) is 0.562. The largest absolute Gasteiger partial charge is 0.492 e. The van der Waals surface area contributed by atoms with Gasteiger partial charge in [-0.05, 0) is 50.6 Å². The van der Waals surface area contributed by atoms with Crippen LogP contribution >= 0.6 is 11.6 Å². The first-order chi connectivity index (χ1) is 10.0. The van der Waals surface area contributed by atoms with Gasteiger partial charge in [0.25, 0.3) is 0 Å². The quantitative estimate of drug-likeness (QED) is 0.875. The summed E-state index contributed by atoms with van der Waals surface area (Å²) in [6, 6.07) is 5.38. The Morgan fingerprint density at radius 3 is 2.76 bits per heavy atom. The number of benzene rings is 1. The van der Waals surface area contributed by atoms with E-state index in [4.69, 9.17) is 16.3 Å². The summed E-state index contributed by atoms with van der Waals surface area (Å²) < 4.78 is 5.53. The second kappa shape index (κ2) is 7.14. The molecule has 1 aromatic rings. The van der Waals surface area contributed by atoms with Gasteiger partial charge in [-0.2, -0.15) is 0 Å². The van der Waals surface area contributed by atoms with Crippen molar-refractivity contribution in [1.82, 2.24) is 5.32 Å². The molecule has 1 saturated heterocycles. The number of nitrogens with one attached hydrogen (secondary N) is 2. The van der Waals surface area contributed by atoms with Gasteiger partial charge in [-0.3, -0.25) is 4.79 Å². The van der Waals surface area contributed by atoms with Gasteiger partial charge in [-0.15, -0.1) is 0 Å². The number of ether oxygens (including phenoxy) is 1. The maximum Gasteiger partial charge on any atom is 0.230 e. The molecule has 1 aliphatic rings. The van der Waals surface area contributed by atoms with Crippen LogP contribution in [0, 0.1) is 5.41 Å². The van der Waals surface area contributed by atoms with E-state index in [1.807, 2.05) is 19.9 Å². The highest BCUT2D eigenvalue weighted by molar-refractivity contribution is 6.32. The van der Waals surface area contributed by atoms with Gasteiger partial charge in [0, 0.05) is 11.1 Å². The lowest BCUT2D eigenvalue weighted by Gasteiger charge is -2.32. The third kappa shape index (κ3) is 4.11. The van der Waals surface area contributed by atoms with Gasteiger partial charge in [-0.1, -0.05) is 25.4 Å². The summed E-state index contributed by atoms with van der Waals surface area (Å²) in [4.78, 5) is 12.4. The zero-order chi connectivity index (χ0) is 15.3. The van der Waals surface area contributed by atoms with Crippen LogP contribution in [0.4, 0.5) is 5.69 Å². The fourth-order valence-electron chi connectivity index (χ4n) is 2.40. The number of hydrogen-bond donors (Lipinski definition) is 2. The highest BCUT2D eigenvalue weighted by Crippen LogP contribution is 2.32. The minimum Gasteiger partial charge on any atom is -0.492 e. The van der Waals surface area contributed by atoms with E-state index in [9.17, 15) is 4.79 Å². The third-order valence-electron chi connectivity index (χ3n) is 3.91. The summed E-state index contributed by atoms with van der Waals surface area (Å²) in [5.74, 6) is 0.715. The van der Waals surface area contributed by atoms with Crippen molar-refractivity contribution in [2.75, 3.05) is 25.0 Å². The number of amides is 1. The molecule has 0 unspecified atom stereocenters. The number of hydrogen-bond acceptors (Lipinski definition) is 3. The highest BCUT2D eigenvalue weighted by atomic mass is 35.5. The van der Waals surface area contributed by atoms with E-state index in [1.54, 1.807) is 12.1 Å². The summed E-state index contributed by atoms with van der Waals surface area (Å²) in [6.07, 6.45) is 2.63. The van der Waals surface area contributed by atoms with Gasteiger partial charge in [0.1, 0.15) is 5.75 Å². The van der Waals surface area contributed by atoms with Gasteiger partial charge in [0.2, 0.25) is 5.91 Å². The number of halogens is 1. The van der Waals surface area contributed by atoms with Gasteiger partial charge in [0.05, 0.1) is 11.6 Å². The zero-order valence-electron chi connectivity index (χ0n) is 12.7. The maximum absolute atomic E-state index is 12.4. The molecular weight excluding hydrogens is 288 g/mol. The monoisotopic (exact) mass is 310 g/mol. The molecule has 2 N–H and O–H groups in total. The lowest BCUT2D eigenvalue weighted by Crippen LogP contribution is -2.42. The van der Waals surface area contributed by atoms with Crippen molar-refractivity contribution >= 4 is 23.2 Å². The molecule has 0 bridgehead atoms. The second-order valence-electron chi connectivity index (χ2n) is 5.76. The first-order valence-corrected chi connectivity index (χ1v) is 7.87. The van der Waals surface area contributed by atoms with E-state index in [2.05, 4.69) is 10.6 Å². The average Bonchev–Trinajstić information content (AvgIpc) is 2.47. The van der Waals surface area contributed by atoms with Crippen LogP contribution in [0.1, 0.15) is 33.1 Å². The summed E-state index contributed by atoms with van der Waals surface area (Å²) >= 11 is 6.18. The second-order valence-corrected chi connectivity index (χ2v) is 6.17. The van der Waals surface area contributed by atoms with Crippen LogP contribution in [0.25, 0.3) is 0 Å². The summed E-state index contributed by atoms with van der Waals surface area (Å²) in [5, 5.41) is 6.77. The number of anilines is 1.